The first-order valence-corrected chi connectivity index (χ1v) is 7.38. The highest BCUT2D eigenvalue weighted by Crippen LogP contribution is 2.34. The van der Waals surface area contributed by atoms with Crippen LogP contribution < -0.4 is 5.32 Å². The van der Waals surface area contributed by atoms with Crippen molar-refractivity contribution in [1.82, 2.24) is 0 Å². The van der Waals surface area contributed by atoms with Gasteiger partial charge in [-0.25, -0.2) is 0 Å². The van der Waals surface area contributed by atoms with E-state index in [0.717, 1.165) is 11.3 Å². The van der Waals surface area contributed by atoms with Crippen molar-refractivity contribution in [2.75, 3.05) is 5.32 Å². The molecule has 2 rings (SSSR count). The molecule has 4 heteroatoms. The molecule has 0 aromatic heterocycles. The molecular weight excluding hydrogens is 278 g/mol. The summed E-state index contributed by atoms with van der Waals surface area (Å²) in [5.41, 5.74) is 1.59. The van der Waals surface area contributed by atoms with Crippen molar-refractivity contribution in [3.8, 4) is 0 Å². The summed E-state index contributed by atoms with van der Waals surface area (Å²) < 4.78 is 0. The van der Waals surface area contributed by atoms with Gasteiger partial charge in [0.2, 0.25) is 0 Å². The van der Waals surface area contributed by atoms with E-state index in [2.05, 4.69) is 5.32 Å². The monoisotopic (exact) mass is 299 g/mol. The Balaban J connectivity index is 2.03. The number of hydrogen-bond donors (Lipinski definition) is 1. The van der Waals surface area contributed by atoms with Crippen molar-refractivity contribution in [3.05, 3.63) is 42.1 Å². The predicted octanol–water partition coefficient (Wildman–Crippen LogP) is 3.06. The second-order valence-corrected chi connectivity index (χ2v) is 6.58. The Morgan fingerprint density at radius 1 is 1.18 bits per heavy atom. The SMILES string of the molecule is Cc1ccccc1NC=CC(=O)C1C(=O)CC(C)(C)CC1=O. The van der Waals surface area contributed by atoms with E-state index < -0.39 is 11.7 Å². The molecular formula is C18H21NO3. The predicted molar refractivity (Wildman–Crippen MR) is 85.5 cm³/mol. The van der Waals surface area contributed by atoms with E-state index in [-0.39, 0.29) is 29.8 Å². The van der Waals surface area contributed by atoms with Gasteiger partial charge in [0.05, 0.1) is 0 Å². The highest BCUT2D eigenvalue weighted by molar-refractivity contribution is 6.23. The maximum Gasteiger partial charge on any atom is 0.175 e. The minimum atomic E-state index is -1.12. The van der Waals surface area contributed by atoms with Crippen molar-refractivity contribution in [3.63, 3.8) is 0 Å². The number of ketones is 3. The van der Waals surface area contributed by atoms with Crippen LogP contribution in [0.4, 0.5) is 5.69 Å². The first-order chi connectivity index (χ1) is 10.3. The fraction of sp³-hybridized carbons (Fsp3) is 0.389. The van der Waals surface area contributed by atoms with Crippen LogP contribution in [0.3, 0.4) is 0 Å². The van der Waals surface area contributed by atoms with Crippen LogP contribution in [0.25, 0.3) is 0 Å². The Morgan fingerprint density at radius 2 is 1.77 bits per heavy atom. The Hall–Kier alpha value is -2.23. The van der Waals surface area contributed by atoms with Gasteiger partial charge in [0.25, 0.3) is 0 Å². The number of Topliss-reactive ketones (excluding diaryl/α,β-unsaturated/α-hetero) is 2. The molecule has 1 aromatic carbocycles. The van der Waals surface area contributed by atoms with Gasteiger partial charge in [-0.2, -0.15) is 0 Å². The Labute approximate surface area is 130 Å². The Bertz CT molecular complexity index is 623. The molecule has 116 valence electrons. The zero-order chi connectivity index (χ0) is 16.3. The van der Waals surface area contributed by atoms with Gasteiger partial charge in [-0.3, -0.25) is 14.4 Å². The van der Waals surface area contributed by atoms with Gasteiger partial charge in [-0.05, 0) is 30.0 Å². The summed E-state index contributed by atoms with van der Waals surface area (Å²) in [5.74, 6) is -2.10. The first-order valence-electron chi connectivity index (χ1n) is 7.38. The van der Waals surface area contributed by atoms with Crippen molar-refractivity contribution in [1.29, 1.82) is 0 Å². The topological polar surface area (TPSA) is 63.2 Å². The summed E-state index contributed by atoms with van der Waals surface area (Å²) in [6, 6.07) is 7.66. The lowest BCUT2D eigenvalue weighted by Gasteiger charge is -2.30. The van der Waals surface area contributed by atoms with Gasteiger partial charge >= 0.3 is 0 Å². The van der Waals surface area contributed by atoms with Crippen LogP contribution in [-0.4, -0.2) is 17.3 Å². The average Bonchev–Trinajstić information content (AvgIpc) is 2.38. The quantitative estimate of drug-likeness (QED) is 0.685. The number of carbonyl (C=O) groups excluding carboxylic acids is 3. The van der Waals surface area contributed by atoms with Crippen molar-refractivity contribution < 1.29 is 14.4 Å². The van der Waals surface area contributed by atoms with Crippen molar-refractivity contribution in [2.45, 2.75) is 33.6 Å². The highest BCUT2D eigenvalue weighted by atomic mass is 16.2. The molecule has 1 N–H and O–H groups in total. The van der Waals surface area contributed by atoms with Crippen LogP contribution in [0.15, 0.2) is 36.5 Å². The Kier molecular flexibility index (Phi) is 4.59. The van der Waals surface area contributed by atoms with Crippen LogP contribution in [0.1, 0.15) is 32.3 Å². The van der Waals surface area contributed by atoms with Gasteiger partial charge in [0.1, 0.15) is 5.92 Å². The smallest absolute Gasteiger partial charge is 0.175 e. The molecule has 22 heavy (non-hydrogen) atoms. The maximum atomic E-state index is 12.1. The summed E-state index contributed by atoms with van der Waals surface area (Å²) >= 11 is 0. The summed E-state index contributed by atoms with van der Waals surface area (Å²) in [6.07, 6.45) is 3.32. The average molecular weight is 299 g/mol. The second-order valence-electron chi connectivity index (χ2n) is 6.58. The third-order valence-corrected chi connectivity index (χ3v) is 3.87. The number of nitrogens with one attached hydrogen (secondary N) is 1. The van der Waals surface area contributed by atoms with E-state index in [1.807, 2.05) is 45.0 Å². The van der Waals surface area contributed by atoms with Gasteiger partial charge in [0, 0.05) is 24.7 Å². The third kappa shape index (κ3) is 3.70. The van der Waals surface area contributed by atoms with Gasteiger partial charge in [-0.1, -0.05) is 32.0 Å². The lowest BCUT2D eigenvalue weighted by molar-refractivity contribution is -0.143. The summed E-state index contributed by atoms with van der Waals surface area (Å²) in [4.78, 5) is 36.2. The van der Waals surface area contributed by atoms with Crippen LogP contribution in [0, 0.1) is 18.3 Å². The molecule has 1 aromatic rings. The van der Waals surface area contributed by atoms with Crippen molar-refractivity contribution >= 4 is 23.0 Å². The molecule has 1 aliphatic carbocycles. The summed E-state index contributed by atoms with van der Waals surface area (Å²) in [6.45, 7) is 5.70. The minimum Gasteiger partial charge on any atom is -0.361 e. The van der Waals surface area contributed by atoms with Crippen LogP contribution in [0.2, 0.25) is 0 Å². The summed E-state index contributed by atoms with van der Waals surface area (Å²) in [7, 11) is 0. The summed E-state index contributed by atoms with van der Waals surface area (Å²) in [5, 5.41) is 3.00. The van der Waals surface area contributed by atoms with E-state index in [0.29, 0.717) is 0 Å². The normalized spacial score (nSPS) is 18.7. The van der Waals surface area contributed by atoms with E-state index in [4.69, 9.17) is 0 Å². The minimum absolute atomic E-state index is 0.271. The highest BCUT2D eigenvalue weighted by Gasteiger charge is 2.42. The van der Waals surface area contributed by atoms with E-state index in [1.54, 1.807) is 0 Å². The number of hydrogen-bond acceptors (Lipinski definition) is 4. The van der Waals surface area contributed by atoms with Crippen LogP contribution in [-0.2, 0) is 14.4 Å². The number of anilines is 1. The second kappa shape index (κ2) is 6.26. The number of aryl methyl sites for hydroxylation is 1. The van der Waals surface area contributed by atoms with Gasteiger partial charge < -0.3 is 5.32 Å². The molecule has 0 unspecified atom stereocenters. The molecule has 0 aliphatic heterocycles. The zero-order valence-corrected chi connectivity index (χ0v) is 13.2. The zero-order valence-electron chi connectivity index (χ0n) is 13.2. The number of para-hydroxylation sites is 1. The fourth-order valence-corrected chi connectivity index (χ4v) is 2.75. The molecule has 0 saturated heterocycles. The Morgan fingerprint density at radius 3 is 2.36 bits per heavy atom. The largest absolute Gasteiger partial charge is 0.361 e. The molecule has 1 aliphatic rings. The molecule has 0 heterocycles. The van der Waals surface area contributed by atoms with Gasteiger partial charge in [0.15, 0.2) is 17.3 Å². The molecule has 0 atom stereocenters. The molecule has 0 radical (unpaired) electrons. The molecule has 1 saturated carbocycles. The van der Waals surface area contributed by atoms with Crippen LogP contribution in [0.5, 0.6) is 0 Å². The lowest BCUT2D eigenvalue weighted by atomic mass is 9.70. The van der Waals surface area contributed by atoms with Gasteiger partial charge in [-0.15, -0.1) is 0 Å². The lowest BCUT2D eigenvalue weighted by Crippen LogP contribution is -2.41. The third-order valence-electron chi connectivity index (χ3n) is 3.87. The number of allylic oxidation sites excluding steroid dienone is 1. The van der Waals surface area contributed by atoms with E-state index >= 15 is 0 Å². The maximum absolute atomic E-state index is 12.1. The number of carbonyl (C=O) groups is 3. The van der Waals surface area contributed by atoms with E-state index in [9.17, 15) is 14.4 Å². The standard InChI is InChI=1S/C18H21NO3/c1-12-6-4-5-7-13(12)19-9-8-14(20)17-15(21)10-18(2,3)11-16(17)22/h4-9,17,19H,10-11H2,1-3H3. The molecule has 0 spiro atoms. The van der Waals surface area contributed by atoms with Crippen molar-refractivity contribution in [2.24, 2.45) is 11.3 Å². The fourth-order valence-electron chi connectivity index (χ4n) is 2.75. The van der Waals surface area contributed by atoms with Crippen LogP contribution >= 0.6 is 0 Å². The molecule has 0 amide bonds. The first kappa shape index (κ1) is 16.1. The number of benzene rings is 1. The molecule has 0 bridgehead atoms. The van der Waals surface area contributed by atoms with E-state index in [1.165, 1.54) is 12.3 Å². The molecule has 1 fully saturated rings. The number of rotatable bonds is 4. The molecule has 4 nitrogen and oxygen atoms in total.